The number of nitrogens with zero attached hydrogens (tertiary/aromatic N) is 3. The predicted octanol–water partition coefficient (Wildman–Crippen LogP) is 2.79. The zero-order valence-corrected chi connectivity index (χ0v) is 16.7. The summed E-state index contributed by atoms with van der Waals surface area (Å²) in [6.45, 7) is 4.26. The van der Waals surface area contributed by atoms with E-state index in [9.17, 15) is 14.4 Å². The summed E-state index contributed by atoms with van der Waals surface area (Å²) in [5.74, 6) is 0.102. The third-order valence-electron chi connectivity index (χ3n) is 6.09. The molecule has 0 spiro atoms. The molecule has 1 fully saturated rings. The van der Waals surface area contributed by atoms with Crippen LogP contribution in [0.4, 0.5) is 5.82 Å². The summed E-state index contributed by atoms with van der Waals surface area (Å²) in [5.41, 5.74) is 2.61. The highest BCUT2D eigenvalue weighted by atomic mass is 16.2. The highest BCUT2D eigenvalue weighted by molar-refractivity contribution is 6.10. The van der Waals surface area contributed by atoms with Crippen molar-refractivity contribution in [3.8, 4) is 0 Å². The molecule has 28 heavy (non-hydrogen) atoms. The van der Waals surface area contributed by atoms with E-state index in [-0.39, 0.29) is 11.3 Å². The summed E-state index contributed by atoms with van der Waals surface area (Å²) in [7, 11) is 3.11. The lowest BCUT2D eigenvalue weighted by atomic mass is 9.70. The summed E-state index contributed by atoms with van der Waals surface area (Å²) in [6.07, 6.45) is 1.99. The van der Waals surface area contributed by atoms with Crippen LogP contribution in [-0.2, 0) is 18.9 Å². The number of Topliss-reactive ketones (excluding diaryl/α,β-unsaturated/α-hetero) is 1. The molecule has 4 rings (SSSR count). The number of carbonyl (C=O) groups is 1. The maximum atomic E-state index is 13.1. The first-order valence-corrected chi connectivity index (χ1v) is 9.81. The topological polar surface area (TPSA) is 73.4 Å². The van der Waals surface area contributed by atoms with Gasteiger partial charge >= 0.3 is 5.69 Å². The monoisotopic (exact) mass is 379 g/mol. The molecule has 0 saturated heterocycles. The normalized spacial score (nSPS) is 21.3. The second-order valence-corrected chi connectivity index (χ2v) is 8.14. The van der Waals surface area contributed by atoms with Gasteiger partial charge in [-0.1, -0.05) is 38.1 Å². The Labute approximate surface area is 163 Å². The molecule has 0 bridgehead atoms. The van der Waals surface area contributed by atoms with Gasteiger partial charge in [0.05, 0.1) is 11.5 Å². The van der Waals surface area contributed by atoms with E-state index in [4.69, 9.17) is 0 Å². The molecular formula is C22H25N3O3. The summed E-state index contributed by atoms with van der Waals surface area (Å²) in [4.78, 5) is 43.1. The molecule has 0 N–H and O–H groups in total. The molecule has 0 radical (unpaired) electrons. The summed E-state index contributed by atoms with van der Waals surface area (Å²) in [6, 6.07) is 8.15. The quantitative estimate of drug-likeness (QED) is 0.805. The van der Waals surface area contributed by atoms with Gasteiger partial charge in [0.1, 0.15) is 11.6 Å². The molecule has 2 atom stereocenters. The van der Waals surface area contributed by atoms with Gasteiger partial charge in [-0.25, -0.2) is 9.79 Å². The van der Waals surface area contributed by atoms with E-state index in [2.05, 4.69) is 31.0 Å². The van der Waals surface area contributed by atoms with Crippen LogP contribution in [-0.4, -0.2) is 20.6 Å². The third kappa shape index (κ3) is 2.70. The van der Waals surface area contributed by atoms with E-state index in [1.165, 1.54) is 17.2 Å². The van der Waals surface area contributed by atoms with Gasteiger partial charge in [0.2, 0.25) is 0 Å². The minimum absolute atomic E-state index is 0.129. The Balaban J connectivity index is 2.01. The molecule has 1 saturated carbocycles. The minimum atomic E-state index is -0.420. The molecule has 146 valence electrons. The van der Waals surface area contributed by atoms with E-state index in [1.807, 2.05) is 12.1 Å². The number of benzene rings is 1. The molecule has 2 heterocycles. The van der Waals surface area contributed by atoms with Crippen molar-refractivity contribution in [3.63, 3.8) is 0 Å². The maximum Gasteiger partial charge on any atom is 0.332 e. The standard InChI is InChI=1S/C22H25N3O3/c1-12(2)13-8-10-14(11-9-13)17-18-15(6-5-7-16(18)26)23-20-19(17)21(27)25(4)22(28)24(20)3/h8-12,17-18H,5-7H2,1-4H3/t17-,18+/m0/s1. The summed E-state index contributed by atoms with van der Waals surface area (Å²) in [5, 5.41) is 0. The van der Waals surface area contributed by atoms with Crippen LogP contribution >= 0.6 is 0 Å². The van der Waals surface area contributed by atoms with Gasteiger partial charge < -0.3 is 0 Å². The van der Waals surface area contributed by atoms with Crippen LogP contribution in [0.1, 0.15) is 61.6 Å². The Morgan fingerprint density at radius 2 is 1.64 bits per heavy atom. The first-order chi connectivity index (χ1) is 13.3. The molecule has 6 heteroatoms. The van der Waals surface area contributed by atoms with E-state index >= 15 is 0 Å². The van der Waals surface area contributed by atoms with E-state index in [0.29, 0.717) is 23.7 Å². The highest BCUT2D eigenvalue weighted by Crippen LogP contribution is 2.43. The fourth-order valence-corrected chi connectivity index (χ4v) is 4.46. The van der Waals surface area contributed by atoms with Gasteiger partial charge in [0, 0.05) is 32.1 Å². The average molecular weight is 379 g/mol. The van der Waals surface area contributed by atoms with Gasteiger partial charge in [0.15, 0.2) is 0 Å². The lowest BCUT2D eigenvalue weighted by Crippen LogP contribution is -2.45. The van der Waals surface area contributed by atoms with Crippen molar-refractivity contribution in [2.24, 2.45) is 25.0 Å². The van der Waals surface area contributed by atoms with Gasteiger partial charge in [-0.15, -0.1) is 0 Å². The van der Waals surface area contributed by atoms with Crippen LogP contribution in [0.5, 0.6) is 0 Å². The largest absolute Gasteiger partial charge is 0.332 e. The lowest BCUT2D eigenvalue weighted by Gasteiger charge is -2.35. The van der Waals surface area contributed by atoms with Crippen LogP contribution in [0.2, 0.25) is 0 Å². The van der Waals surface area contributed by atoms with Crippen molar-refractivity contribution in [1.29, 1.82) is 0 Å². The van der Waals surface area contributed by atoms with Crippen molar-refractivity contribution in [1.82, 2.24) is 9.13 Å². The smallest absolute Gasteiger partial charge is 0.299 e. The molecule has 6 nitrogen and oxygen atoms in total. The SMILES string of the molecule is CC(C)c1ccc([C@@H]2c3c(n(C)c(=O)n(C)c3=O)N=C3CCCC(=O)[C@@H]32)cc1. The van der Waals surface area contributed by atoms with Crippen LogP contribution in [0.25, 0.3) is 0 Å². The number of aromatic nitrogens is 2. The highest BCUT2D eigenvalue weighted by Gasteiger charge is 2.43. The predicted molar refractivity (Wildman–Crippen MR) is 109 cm³/mol. The molecule has 1 aliphatic carbocycles. The molecule has 1 aromatic heterocycles. The molecule has 2 aromatic rings. The van der Waals surface area contributed by atoms with Crippen LogP contribution < -0.4 is 11.2 Å². The van der Waals surface area contributed by atoms with Crippen molar-refractivity contribution < 1.29 is 4.79 Å². The van der Waals surface area contributed by atoms with Crippen molar-refractivity contribution in [2.45, 2.75) is 44.9 Å². The molecule has 1 aromatic carbocycles. The minimum Gasteiger partial charge on any atom is -0.299 e. The zero-order chi connectivity index (χ0) is 20.2. The molecule has 1 aliphatic heterocycles. The Morgan fingerprint density at radius 1 is 0.964 bits per heavy atom. The van der Waals surface area contributed by atoms with E-state index in [0.717, 1.165) is 28.7 Å². The number of hydrogen-bond donors (Lipinski definition) is 0. The first-order valence-electron chi connectivity index (χ1n) is 9.81. The molecule has 0 amide bonds. The van der Waals surface area contributed by atoms with Gasteiger partial charge in [-0.3, -0.25) is 18.7 Å². The summed E-state index contributed by atoms with van der Waals surface area (Å²) >= 11 is 0. The van der Waals surface area contributed by atoms with Gasteiger partial charge in [0.25, 0.3) is 5.56 Å². The summed E-state index contributed by atoms with van der Waals surface area (Å²) < 4.78 is 2.54. The fourth-order valence-electron chi connectivity index (χ4n) is 4.46. The second kappa shape index (κ2) is 6.69. The zero-order valence-electron chi connectivity index (χ0n) is 16.7. The Morgan fingerprint density at radius 3 is 2.29 bits per heavy atom. The van der Waals surface area contributed by atoms with Crippen LogP contribution in [0.3, 0.4) is 0 Å². The van der Waals surface area contributed by atoms with Crippen LogP contribution in [0, 0.1) is 5.92 Å². The van der Waals surface area contributed by atoms with Gasteiger partial charge in [-0.2, -0.15) is 0 Å². The molecular weight excluding hydrogens is 354 g/mol. The Bertz CT molecular complexity index is 1100. The molecule has 0 unspecified atom stereocenters. The second-order valence-electron chi connectivity index (χ2n) is 8.14. The number of aliphatic imine (C=N–C) groups is 1. The van der Waals surface area contributed by atoms with Crippen molar-refractivity contribution in [3.05, 3.63) is 61.8 Å². The average Bonchev–Trinajstić information content (AvgIpc) is 2.69. The number of ketones is 1. The first kappa shape index (κ1) is 18.6. The van der Waals surface area contributed by atoms with Crippen molar-refractivity contribution >= 4 is 17.3 Å². The maximum absolute atomic E-state index is 13.1. The van der Waals surface area contributed by atoms with E-state index in [1.54, 1.807) is 7.05 Å². The van der Waals surface area contributed by atoms with Crippen molar-refractivity contribution in [2.75, 3.05) is 0 Å². The molecule has 2 aliphatic rings. The third-order valence-corrected chi connectivity index (χ3v) is 6.09. The number of hydrogen-bond acceptors (Lipinski definition) is 4. The Kier molecular flexibility index (Phi) is 4.44. The fraction of sp³-hybridized carbons (Fsp3) is 0.455. The lowest BCUT2D eigenvalue weighted by molar-refractivity contribution is -0.121. The van der Waals surface area contributed by atoms with E-state index < -0.39 is 17.5 Å². The number of carbonyl (C=O) groups excluding carboxylic acids is 1. The number of fused-ring (bicyclic) bond motifs is 2. The Hall–Kier alpha value is -2.76. The number of rotatable bonds is 2. The van der Waals surface area contributed by atoms with Crippen LogP contribution in [0.15, 0.2) is 38.8 Å². The van der Waals surface area contributed by atoms with Gasteiger partial charge in [-0.05, 0) is 29.9 Å².